The van der Waals surface area contributed by atoms with E-state index in [0.29, 0.717) is 5.52 Å². The van der Waals surface area contributed by atoms with E-state index in [9.17, 15) is 39.0 Å². The molecule has 4 aromatic heterocycles. The fourth-order valence-electron chi connectivity index (χ4n) is 5.09. The van der Waals surface area contributed by atoms with Gasteiger partial charge in [-0.1, -0.05) is 0 Å². The summed E-state index contributed by atoms with van der Waals surface area (Å²) >= 11 is 0. The summed E-state index contributed by atoms with van der Waals surface area (Å²) in [6.07, 6.45) is -6.86. The van der Waals surface area contributed by atoms with Crippen LogP contribution in [0.15, 0.2) is 35.9 Å². The molecule has 0 radical (unpaired) electrons. The predicted molar refractivity (Wildman–Crippen MR) is 142 cm³/mol. The lowest BCUT2D eigenvalue weighted by Crippen LogP contribution is -2.36. The first-order valence-corrected chi connectivity index (χ1v) is 15.4. The van der Waals surface area contributed by atoms with Crippen molar-refractivity contribution in [1.29, 1.82) is 0 Å². The Morgan fingerprint density at radius 1 is 1.14 bits per heavy atom. The zero-order chi connectivity index (χ0) is 31.3. The number of aromatic amines is 1. The number of phosphoric acid groups is 1. The minimum atomic E-state index is -5.12. The highest BCUT2D eigenvalue weighted by Crippen LogP contribution is 2.51. The van der Waals surface area contributed by atoms with Gasteiger partial charge in [0.15, 0.2) is 18.0 Å². The van der Waals surface area contributed by atoms with Gasteiger partial charge >= 0.3 is 16.1 Å². The third-order valence-corrected chi connectivity index (χ3v) is 8.50. The number of hydrogen-bond donors (Lipinski definition) is 7. The third kappa shape index (κ3) is 5.53. The number of imidazole rings is 2. The van der Waals surface area contributed by atoms with Crippen LogP contribution in [0.25, 0.3) is 16.8 Å². The number of rotatable bonds is 10. The monoisotopic (exact) mass is 659 g/mol. The average Bonchev–Trinajstić information content (AvgIpc) is 3.74. The maximum absolute atomic E-state index is 13.1. The molecule has 2 fully saturated rings. The number of pyridine rings is 1. The van der Waals surface area contributed by atoms with Crippen LogP contribution in [0.4, 0.5) is 5.69 Å². The predicted octanol–water partition coefficient (Wildman–Crippen LogP) is -1.97. The second-order valence-electron chi connectivity index (χ2n) is 9.73. The van der Waals surface area contributed by atoms with Gasteiger partial charge in [0.05, 0.1) is 37.1 Å². The van der Waals surface area contributed by atoms with Gasteiger partial charge in [-0.15, -0.1) is 9.42 Å². The van der Waals surface area contributed by atoms with E-state index in [4.69, 9.17) is 28.8 Å². The maximum Gasteiger partial charge on any atom is 0.695 e. The van der Waals surface area contributed by atoms with E-state index in [1.807, 2.05) is 0 Å². The van der Waals surface area contributed by atoms with Gasteiger partial charge in [-0.2, -0.15) is 5.10 Å². The molecular weight excluding hydrogens is 634 g/mol. The Morgan fingerprint density at radius 2 is 1.93 bits per heavy atom. The fraction of sp³-hybridized carbons (Fsp3) is 0.476. The van der Waals surface area contributed by atoms with Crippen molar-refractivity contribution in [1.82, 2.24) is 34.1 Å². The Kier molecular flexibility index (Phi) is 8.30. The average molecular weight is 659 g/mol. The number of fused-ring (bicyclic) bond motifs is 2. The Bertz CT molecular complexity index is 1800. The Labute approximate surface area is 245 Å². The van der Waals surface area contributed by atoms with Crippen LogP contribution in [0.5, 0.6) is 0 Å². The molecular formula is C21H25N8O13P2+. The van der Waals surface area contributed by atoms with E-state index in [0.717, 1.165) is 10.8 Å². The van der Waals surface area contributed by atoms with E-state index in [1.54, 1.807) is 0 Å². The van der Waals surface area contributed by atoms with Crippen molar-refractivity contribution < 1.29 is 57.3 Å². The van der Waals surface area contributed by atoms with Gasteiger partial charge in [0, 0.05) is 10.8 Å². The van der Waals surface area contributed by atoms with Crippen molar-refractivity contribution in [3.63, 3.8) is 0 Å². The smallest absolute Gasteiger partial charge is 0.397 e. The summed E-state index contributed by atoms with van der Waals surface area (Å²) in [7, 11) is -8.39. The van der Waals surface area contributed by atoms with Crippen LogP contribution < -0.4 is 11.3 Å². The first-order chi connectivity index (χ1) is 21.0. The van der Waals surface area contributed by atoms with Gasteiger partial charge < -0.3 is 40.4 Å². The summed E-state index contributed by atoms with van der Waals surface area (Å²) in [4.78, 5) is 46.7. The lowest BCUT2D eigenvalue weighted by Gasteiger charge is -2.24. The molecule has 6 heterocycles. The largest absolute Gasteiger partial charge is 0.695 e. The molecule has 0 bridgehead atoms. The molecule has 0 spiro atoms. The number of nitrogens with zero attached hydrogens (tertiary/aromatic N) is 6. The van der Waals surface area contributed by atoms with Crippen molar-refractivity contribution in [2.24, 2.45) is 0 Å². The minimum Gasteiger partial charge on any atom is -0.397 e. The summed E-state index contributed by atoms with van der Waals surface area (Å²) in [6, 6.07) is 1.51. The number of anilines is 1. The number of aliphatic hydroxyl groups is 3. The molecule has 6 rings (SSSR count). The van der Waals surface area contributed by atoms with Crippen LogP contribution in [0.1, 0.15) is 18.0 Å². The number of nitrogens with one attached hydrogen (secondary N) is 1. The van der Waals surface area contributed by atoms with Gasteiger partial charge in [-0.3, -0.25) is 18.4 Å². The summed E-state index contributed by atoms with van der Waals surface area (Å²) in [5.41, 5.74) is 6.02. The van der Waals surface area contributed by atoms with Crippen LogP contribution >= 0.6 is 16.1 Å². The molecule has 2 unspecified atom stereocenters. The van der Waals surface area contributed by atoms with Gasteiger partial charge in [-0.05, 0) is 6.07 Å². The van der Waals surface area contributed by atoms with Gasteiger partial charge in [-0.25, -0.2) is 24.0 Å². The minimum absolute atomic E-state index is 0.0539. The Hall–Kier alpha value is -3.30. The number of aromatic nitrogens is 7. The molecule has 23 heteroatoms. The van der Waals surface area contributed by atoms with Crippen LogP contribution in [-0.2, 0) is 32.2 Å². The molecule has 0 saturated carbocycles. The molecule has 2 aliphatic rings. The zero-order valence-corrected chi connectivity index (χ0v) is 23.9. The van der Waals surface area contributed by atoms with E-state index in [1.165, 1.54) is 29.4 Å². The van der Waals surface area contributed by atoms with Gasteiger partial charge in [0.25, 0.3) is 5.56 Å². The Balaban J connectivity index is 1.22. The highest BCUT2D eigenvalue weighted by molar-refractivity contribution is 7.47. The molecule has 10 atom stereocenters. The van der Waals surface area contributed by atoms with Crippen molar-refractivity contribution in [2.75, 3.05) is 18.9 Å². The number of aliphatic hydroxyl groups excluding tert-OH is 3. The highest BCUT2D eigenvalue weighted by Gasteiger charge is 2.53. The topological polar surface area (TPSA) is 301 Å². The van der Waals surface area contributed by atoms with E-state index >= 15 is 0 Å². The van der Waals surface area contributed by atoms with Gasteiger partial charge in [0.1, 0.15) is 48.5 Å². The Morgan fingerprint density at radius 3 is 2.68 bits per heavy atom. The quantitative estimate of drug-likeness (QED) is 0.0908. The number of hydrogen-bond acceptors (Lipinski definition) is 16. The number of ether oxygens (including phenoxy) is 2. The zero-order valence-electron chi connectivity index (χ0n) is 22.1. The number of nitrogens with two attached hydrogens (primary N) is 1. The third-order valence-electron chi connectivity index (χ3n) is 7.09. The van der Waals surface area contributed by atoms with Crippen LogP contribution in [-0.4, -0.2) is 109 Å². The van der Waals surface area contributed by atoms with Crippen molar-refractivity contribution in [3.05, 3.63) is 47.2 Å². The van der Waals surface area contributed by atoms with E-state index in [2.05, 4.69) is 25.0 Å². The molecule has 21 nitrogen and oxygen atoms in total. The molecule has 0 amide bonds. The first-order valence-electron chi connectivity index (χ1n) is 12.7. The molecule has 44 heavy (non-hydrogen) atoms. The number of phosphoric ester groups is 1. The highest BCUT2D eigenvalue weighted by atomic mass is 31.2. The second-order valence-corrected chi connectivity index (χ2v) is 11.8. The maximum atomic E-state index is 13.1. The molecule has 2 saturated heterocycles. The van der Waals surface area contributed by atoms with E-state index < -0.39 is 83.8 Å². The van der Waals surface area contributed by atoms with Crippen molar-refractivity contribution in [2.45, 2.75) is 49.0 Å². The molecule has 8 N–H and O–H groups in total. The van der Waals surface area contributed by atoms with Crippen molar-refractivity contribution in [3.8, 4) is 0 Å². The van der Waals surface area contributed by atoms with Gasteiger partial charge in [0.2, 0.25) is 5.65 Å². The molecule has 2 aliphatic heterocycles. The summed E-state index contributed by atoms with van der Waals surface area (Å²) in [5, 5.41) is 35.3. The SMILES string of the molecule is Nc1ccnc2c1ncn2[C@@H]1O[C@H](COP(=O)(O)O[C@@H]2[C@H](O)[C@@H](CO)O[C@H]2c2cnc3c(=O)[nH]cnn23)[C@@H](O[P+](=O)O)[C@H]1O. The summed E-state index contributed by atoms with van der Waals surface area (Å²) < 4.78 is 53.8. The molecule has 0 aliphatic carbocycles. The summed E-state index contributed by atoms with van der Waals surface area (Å²) in [6.45, 7) is -1.52. The second kappa shape index (κ2) is 11.9. The fourth-order valence-corrected chi connectivity index (χ4v) is 6.50. The molecule has 4 aromatic rings. The molecule has 236 valence electrons. The lowest BCUT2D eigenvalue weighted by atomic mass is 10.1. The normalized spacial score (nSPS) is 30.7. The lowest BCUT2D eigenvalue weighted by molar-refractivity contribution is -0.0549. The van der Waals surface area contributed by atoms with Crippen LogP contribution in [0, 0.1) is 0 Å². The standard InChI is InChI=1S/C21H24N8O13P2/c22-8-1-2-23-18-12(8)26-7-28(18)21-14(32)16(41-43(34)35)11(40-21)5-38-44(36,37)42-17-13(31)10(4-30)39-15(17)9-3-24-19-20(33)25-6-27-29(9)19/h1-3,6-7,10-11,13-17,21,30-32H,4-5H2,(H4-,22,23,25,27,33,34,35,36,37)/p+1/t10-,11-,13-,14-,15+,16-,17-,21-/m1/s1. The number of nitrogen functional groups attached to an aromatic ring is 1. The van der Waals surface area contributed by atoms with E-state index in [-0.39, 0.29) is 22.7 Å². The summed E-state index contributed by atoms with van der Waals surface area (Å²) in [5.74, 6) is 0. The van der Waals surface area contributed by atoms with Crippen LogP contribution in [0.2, 0.25) is 0 Å². The number of H-pyrrole nitrogens is 1. The van der Waals surface area contributed by atoms with Crippen molar-refractivity contribution >= 4 is 38.6 Å². The molecule has 0 aromatic carbocycles. The van der Waals surface area contributed by atoms with Crippen LogP contribution in [0.3, 0.4) is 0 Å². The first kappa shape index (κ1) is 30.7.